The third-order valence-corrected chi connectivity index (χ3v) is 4.42. The average Bonchev–Trinajstić information content (AvgIpc) is 2.96. The lowest BCUT2D eigenvalue weighted by molar-refractivity contribution is 0.660. The lowest BCUT2D eigenvalue weighted by atomic mass is 9.82. The molecule has 0 heterocycles. The Morgan fingerprint density at radius 2 is 1.64 bits per heavy atom. The molecule has 3 aromatic carbocycles. The second-order valence-corrected chi connectivity index (χ2v) is 6.43. The maximum Gasteiger partial charge on any atom is 0.0638 e. The van der Waals surface area contributed by atoms with Gasteiger partial charge in [-0.15, -0.1) is 0 Å². The largest absolute Gasteiger partial charge is 0.0638 e. The minimum Gasteiger partial charge on any atom is -0.0622 e. The van der Waals surface area contributed by atoms with Crippen molar-refractivity contribution >= 4 is 15.9 Å². The van der Waals surface area contributed by atoms with Crippen molar-refractivity contribution in [1.29, 1.82) is 0 Å². The molecule has 0 bridgehead atoms. The molecule has 0 aromatic heterocycles. The number of halogens is 1. The zero-order valence-electron chi connectivity index (χ0n) is 22.0. The summed E-state index contributed by atoms with van der Waals surface area (Å²) < 4.78 is 83.5. The first kappa shape index (κ1) is 6.72. The predicted octanol–water partition coefficient (Wildman–Crippen LogP) is 6.42. The molecule has 22 heavy (non-hydrogen) atoms. The normalized spacial score (nSPS) is 20.9. The van der Waals surface area contributed by atoms with Gasteiger partial charge in [0, 0.05) is 9.89 Å². The summed E-state index contributed by atoms with van der Waals surface area (Å²) in [5, 5.41) is 0. The summed E-state index contributed by atoms with van der Waals surface area (Å²) in [4.78, 5) is 0. The van der Waals surface area contributed by atoms with Gasteiger partial charge in [-0.1, -0.05) is 84.2 Å². The maximum atomic E-state index is 8.60. The highest BCUT2D eigenvalue weighted by molar-refractivity contribution is 9.10. The first-order chi connectivity index (χ1) is 14.7. The highest BCUT2D eigenvalue weighted by atomic mass is 79.9. The number of benzene rings is 3. The van der Waals surface area contributed by atoms with Crippen molar-refractivity contribution in [2.24, 2.45) is 0 Å². The Balaban J connectivity index is 2.32. The van der Waals surface area contributed by atoms with Gasteiger partial charge in [0.05, 0.1) is 13.7 Å². The van der Waals surface area contributed by atoms with E-state index in [1.165, 1.54) is 6.07 Å². The van der Waals surface area contributed by atoms with Crippen molar-refractivity contribution in [3.05, 3.63) is 82.1 Å². The number of rotatable bonds is 1. The molecule has 0 saturated carbocycles. The van der Waals surface area contributed by atoms with Crippen molar-refractivity contribution in [1.82, 2.24) is 0 Å². The van der Waals surface area contributed by atoms with Gasteiger partial charge in [-0.2, -0.15) is 0 Å². The van der Waals surface area contributed by atoms with Crippen molar-refractivity contribution in [2.75, 3.05) is 0 Å². The molecular weight excluding hydrogens is 332 g/mol. The van der Waals surface area contributed by atoms with Gasteiger partial charge < -0.3 is 0 Å². The molecule has 0 unspecified atom stereocenters. The van der Waals surface area contributed by atoms with Crippen LogP contribution in [0.15, 0.2) is 71.0 Å². The second-order valence-electron chi connectivity index (χ2n) is 5.64. The fourth-order valence-electron chi connectivity index (χ4n) is 2.94. The maximum absolute atomic E-state index is 8.60. The number of fused-ring (bicyclic) bond motifs is 3. The molecule has 1 aliphatic rings. The minimum atomic E-state index is -0.944. The molecule has 0 N–H and O–H groups in total. The standard InChI is InChI=1S/C21H17Br/c1-21(2)18-10-6-9-16(14-7-4-3-5-8-14)20(18)17-12-11-15(22)13-19(17)21/h3-13H,1-2H3/i3D,4D,5D,6D,7D,8D,9D,10D,11D,13D. The molecule has 0 fully saturated rings. The van der Waals surface area contributed by atoms with Crippen LogP contribution in [0.25, 0.3) is 22.3 Å². The molecule has 1 heteroatoms. The van der Waals surface area contributed by atoms with Crippen molar-refractivity contribution in [3.63, 3.8) is 0 Å². The van der Waals surface area contributed by atoms with Crippen molar-refractivity contribution in [3.8, 4) is 22.3 Å². The molecule has 0 nitrogen and oxygen atoms in total. The molecule has 1 aliphatic carbocycles. The topological polar surface area (TPSA) is 0 Å². The molecule has 0 aliphatic heterocycles. The van der Waals surface area contributed by atoms with Gasteiger partial charge in [-0.25, -0.2) is 0 Å². The van der Waals surface area contributed by atoms with Crippen LogP contribution in [0.5, 0.6) is 0 Å². The first-order valence-corrected chi connectivity index (χ1v) is 7.56. The molecule has 0 radical (unpaired) electrons. The molecule has 0 spiro atoms. The van der Waals surface area contributed by atoms with Gasteiger partial charge in [0.1, 0.15) is 0 Å². The Labute approximate surface area is 154 Å². The van der Waals surface area contributed by atoms with Gasteiger partial charge in [-0.3, -0.25) is 0 Å². The summed E-state index contributed by atoms with van der Waals surface area (Å²) in [5.41, 5.74) is 0.266. The van der Waals surface area contributed by atoms with Gasteiger partial charge in [0.2, 0.25) is 0 Å². The summed E-state index contributed by atoms with van der Waals surface area (Å²) >= 11 is 3.26. The SMILES string of the molecule is [2H]c1cc2c(c([2H])c1Br)C(C)(C)c1c([2H])c([2H])c([2H])c(-c3c([2H])c([2H])c([2H])c([2H])c3[2H])c1-2. The van der Waals surface area contributed by atoms with E-state index in [9.17, 15) is 0 Å². The summed E-state index contributed by atoms with van der Waals surface area (Å²) in [5.74, 6) is 0. The molecule has 0 saturated heterocycles. The summed E-state index contributed by atoms with van der Waals surface area (Å²) in [7, 11) is 0. The highest BCUT2D eigenvalue weighted by Crippen LogP contribution is 2.52. The van der Waals surface area contributed by atoms with E-state index in [1.54, 1.807) is 13.8 Å². The smallest absolute Gasteiger partial charge is 0.0622 e. The summed E-state index contributed by atoms with van der Waals surface area (Å²) in [6.45, 7) is 3.55. The second kappa shape index (κ2) is 4.82. The van der Waals surface area contributed by atoms with Gasteiger partial charge >= 0.3 is 0 Å². The Kier molecular flexibility index (Phi) is 1.47. The molecule has 3 aromatic rings. The van der Waals surface area contributed by atoms with Crippen LogP contribution in [0.3, 0.4) is 0 Å². The molecule has 4 rings (SSSR count). The van der Waals surface area contributed by atoms with E-state index in [2.05, 4.69) is 15.9 Å². The van der Waals surface area contributed by atoms with Gasteiger partial charge in [-0.05, 0) is 45.5 Å². The first-order valence-electron chi connectivity index (χ1n) is 11.8. The fourth-order valence-corrected chi connectivity index (χ4v) is 3.26. The van der Waals surface area contributed by atoms with Gasteiger partial charge in [0.15, 0.2) is 0 Å². The van der Waals surface area contributed by atoms with E-state index in [1.807, 2.05) is 0 Å². The third kappa shape index (κ3) is 1.89. The Hall–Kier alpha value is -1.86. The zero-order chi connectivity index (χ0) is 24.0. The van der Waals surface area contributed by atoms with E-state index >= 15 is 0 Å². The quantitative estimate of drug-likeness (QED) is 0.470. The fraction of sp³-hybridized carbons (Fsp3) is 0.143. The number of hydrogen-bond donors (Lipinski definition) is 0. The van der Waals surface area contributed by atoms with Crippen LogP contribution < -0.4 is 0 Å². The van der Waals surface area contributed by atoms with E-state index in [0.29, 0.717) is 16.7 Å². The minimum absolute atomic E-state index is 0.0115. The van der Waals surface area contributed by atoms with Crippen LogP contribution in [0, 0.1) is 0 Å². The van der Waals surface area contributed by atoms with Crippen LogP contribution in [-0.2, 0) is 5.41 Å². The average molecular weight is 359 g/mol. The third-order valence-electron chi connectivity index (χ3n) is 3.99. The summed E-state index contributed by atoms with van der Waals surface area (Å²) in [6.07, 6.45) is 0. The highest BCUT2D eigenvalue weighted by Gasteiger charge is 2.36. The van der Waals surface area contributed by atoms with Crippen molar-refractivity contribution in [2.45, 2.75) is 19.3 Å². The molecule has 0 atom stereocenters. The molecule has 108 valence electrons. The summed E-state index contributed by atoms with van der Waals surface area (Å²) in [6, 6.07) is -2.25. The zero-order valence-corrected chi connectivity index (χ0v) is 13.5. The van der Waals surface area contributed by atoms with E-state index in [-0.39, 0.29) is 39.3 Å². The Morgan fingerprint density at radius 3 is 2.41 bits per heavy atom. The van der Waals surface area contributed by atoms with Crippen LogP contribution in [0.2, 0.25) is 0 Å². The Morgan fingerprint density at radius 1 is 0.864 bits per heavy atom. The van der Waals surface area contributed by atoms with E-state index in [0.717, 1.165) is 0 Å². The van der Waals surface area contributed by atoms with Crippen LogP contribution in [0.1, 0.15) is 38.7 Å². The monoisotopic (exact) mass is 358 g/mol. The van der Waals surface area contributed by atoms with E-state index in [4.69, 9.17) is 13.7 Å². The van der Waals surface area contributed by atoms with Gasteiger partial charge in [0.25, 0.3) is 0 Å². The van der Waals surface area contributed by atoms with Crippen LogP contribution in [0.4, 0.5) is 0 Å². The van der Waals surface area contributed by atoms with E-state index < -0.39 is 47.7 Å². The molecule has 0 amide bonds. The predicted molar refractivity (Wildman–Crippen MR) is 97.1 cm³/mol. The van der Waals surface area contributed by atoms with Crippen LogP contribution >= 0.6 is 15.9 Å². The molecular formula is C21H17Br. The van der Waals surface area contributed by atoms with Crippen LogP contribution in [-0.4, -0.2) is 0 Å². The van der Waals surface area contributed by atoms with Crippen molar-refractivity contribution < 1.29 is 13.7 Å². The lowest BCUT2D eigenvalue weighted by Gasteiger charge is -2.21. The lowest BCUT2D eigenvalue weighted by Crippen LogP contribution is -2.14. The number of hydrogen-bond acceptors (Lipinski definition) is 0. The Bertz CT molecular complexity index is 1330.